The predicted molar refractivity (Wildman–Crippen MR) is 58.8 cm³/mol. The summed E-state index contributed by atoms with van der Waals surface area (Å²) in [4.78, 5) is 10.3. The van der Waals surface area contributed by atoms with Crippen LogP contribution in [0.15, 0.2) is 12.2 Å². The van der Waals surface area contributed by atoms with Crippen LogP contribution < -0.4 is 0 Å². The quantitative estimate of drug-likeness (QED) is 0.499. The van der Waals surface area contributed by atoms with Gasteiger partial charge in [0.15, 0.2) is 0 Å². The Labute approximate surface area is 91.4 Å². The maximum Gasteiger partial charge on any atom is 0.147 e. The molecule has 15 heavy (non-hydrogen) atoms. The Bertz CT molecular complexity index is 237. The van der Waals surface area contributed by atoms with Crippen molar-refractivity contribution in [2.75, 3.05) is 19.8 Å². The number of rotatable bonds is 6. The highest BCUT2D eigenvalue weighted by atomic mass is 16.5. The first-order valence-electron chi connectivity index (χ1n) is 5.44. The Morgan fingerprint density at radius 3 is 2.93 bits per heavy atom. The van der Waals surface area contributed by atoms with Crippen LogP contribution in [0.5, 0.6) is 0 Å². The van der Waals surface area contributed by atoms with Crippen LogP contribution in [-0.2, 0) is 14.3 Å². The molecule has 0 saturated carbocycles. The normalized spacial score (nSPS) is 30.4. The zero-order valence-electron chi connectivity index (χ0n) is 9.62. The first kappa shape index (κ1) is 12.4. The molecule has 0 bridgehead atoms. The summed E-state index contributed by atoms with van der Waals surface area (Å²) in [7, 11) is 0. The summed E-state index contributed by atoms with van der Waals surface area (Å²) < 4.78 is 11.1. The van der Waals surface area contributed by atoms with Gasteiger partial charge in [-0.05, 0) is 19.8 Å². The van der Waals surface area contributed by atoms with E-state index in [4.69, 9.17) is 9.47 Å². The molecule has 0 aromatic heterocycles. The minimum absolute atomic E-state index is 0.141. The van der Waals surface area contributed by atoms with E-state index in [1.54, 1.807) is 0 Å². The largest absolute Gasteiger partial charge is 0.378 e. The van der Waals surface area contributed by atoms with Crippen LogP contribution in [0.3, 0.4) is 0 Å². The lowest BCUT2D eigenvalue weighted by atomic mass is 9.84. The van der Waals surface area contributed by atoms with E-state index >= 15 is 0 Å². The van der Waals surface area contributed by atoms with Crippen LogP contribution in [0, 0.1) is 5.41 Å². The van der Waals surface area contributed by atoms with Crippen molar-refractivity contribution in [2.45, 2.75) is 32.8 Å². The topological polar surface area (TPSA) is 35.5 Å². The minimum atomic E-state index is 0.141. The van der Waals surface area contributed by atoms with Crippen molar-refractivity contribution in [3.8, 4) is 0 Å². The molecular formula is C12H20O3. The molecule has 0 aromatic carbocycles. The number of aldehydes is 1. The van der Waals surface area contributed by atoms with E-state index in [1.807, 2.05) is 0 Å². The van der Waals surface area contributed by atoms with Gasteiger partial charge in [0, 0.05) is 11.0 Å². The summed E-state index contributed by atoms with van der Waals surface area (Å²) in [6.45, 7) is 9.56. The van der Waals surface area contributed by atoms with Gasteiger partial charge in [0.2, 0.25) is 0 Å². The number of carbonyl (C=O) groups excluding carboxylic acids is 1. The molecule has 0 radical (unpaired) electrons. The van der Waals surface area contributed by atoms with Crippen molar-refractivity contribution in [1.29, 1.82) is 0 Å². The van der Waals surface area contributed by atoms with E-state index in [0.717, 1.165) is 25.7 Å². The molecule has 1 aliphatic rings. The molecule has 1 aliphatic heterocycles. The SMILES string of the molecule is C=C(C=O)COCC1(CC)COC(C)C1. The monoisotopic (exact) mass is 212 g/mol. The van der Waals surface area contributed by atoms with Gasteiger partial charge in [-0.2, -0.15) is 0 Å². The Morgan fingerprint density at radius 1 is 1.73 bits per heavy atom. The van der Waals surface area contributed by atoms with Crippen LogP contribution in [-0.4, -0.2) is 32.2 Å². The second-order valence-corrected chi connectivity index (χ2v) is 4.45. The van der Waals surface area contributed by atoms with Crippen molar-refractivity contribution in [3.05, 3.63) is 12.2 Å². The average Bonchev–Trinajstić information content (AvgIpc) is 2.61. The Balaban J connectivity index is 2.34. The lowest BCUT2D eigenvalue weighted by Gasteiger charge is -2.25. The molecular weight excluding hydrogens is 192 g/mol. The summed E-state index contributed by atoms with van der Waals surface area (Å²) in [6.07, 6.45) is 3.15. The van der Waals surface area contributed by atoms with Crippen molar-refractivity contribution in [1.82, 2.24) is 0 Å². The van der Waals surface area contributed by atoms with Crippen LogP contribution in [0.4, 0.5) is 0 Å². The van der Waals surface area contributed by atoms with Crippen molar-refractivity contribution < 1.29 is 14.3 Å². The molecule has 3 nitrogen and oxygen atoms in total. The number of hydrogen-bond acceptors (Lipinski definition) is 3. The Kier molecular flexibility index (Phi) is 4.48. The van der Waals surface area contributed by atoms with Crippen molar-refractivity contribution in [3.63, 3.8) is 0 Å². The first-order chi connectivity index (χ1) is 7.12. The molecule has 0 aromatic rings. The van der Waals surface area contributed by atoms with Gasteiger partial charge in [0.25, 0.3) is 0 Å². The molecule has 2 unspecified atom stereocenters. The predicted octanol–water partition coefficient (Wildman–Crippen LogP) is 1.96. The van der Waals surface area contributed by atoms with E-state index in [2.05, 4.69) is 20.4 Å². The molecule has 1 saturated heterocycles. The minimum Gasteiger partial charge on any atom is -0.378 e. The third-order valence-electron chi connectivity index (χ3n) is 3.01. The van der Waals surface area contributed by atoms with Crippen LogP contribution in [0.25, 0.3) is 0 Å². The van der Waals surface area contributed by atoms with Gasteiger partial charge < -0.3 is 9.47 Å². The number of hydrogen-bond donors (Lipinski definition) is 0. The molecule has 1 rings (SSSR count). The molecule has 1 fully saturated rings. The summed E-state index contributed by atoms with van der Waals surface area (Å²) in [5.74, 6) is 0. The van der Waals surface area contributed by atoms with Gasteiger partial charge in [0.1, 0.15) is 6.29 Å². The smallest absolute Gasteiger partial charge is 0.147 e. The standard InChI is InChI=1S/C12H20O3/c1-4-12(5-11(3)15-9-12)8-14-7-10(2)6-13/h6,11H,2,4-5,7-9H2,1,3H3. The second-order valence-electron chi connectivity index (χ2n) is 4.45. The summed E-state index contributed by atoms with van der Waals surface area (Å²) in [6, 6.07) is 0. The summed E-state index contributed by atoms with van der Waals surface area (Å²) >= 11 is 0. The molecule has 0 amide bonds. The van der Waals surface area contributed by atoms with Gasteiger partial charge in [-0.15, -0.1) is 0 Å². The fourth-order valence-electron chi connectivity index (χ4n) is 1.93. The van der Waals surface area contributed by atoms with Crippen LogP contribution in [0.2, 0.25) is 0 Å². The Morgan fingerprint density at radius 2 is 2.47 bits per heavy atom. The van der Waals surface area contributed by atoms with Crippen molar-refractivity contribution in [2.24, 2.45) is 5.41 Å². The van der Waals surface area contributed by atoms with E-state index in [1.165, 1.54) is 0 Å². The number of carbonyl (C=O) groups is 1. The van der Waals surface area contributed by atoms with E-state index in [0.29, 0.717) is 24.9 Å². The molecule has 3 heteroatoms. The van der Waals surface area contributed by atoms with Crippen molar-refractivity contribution >= 4 is 6.29 Å². The number of ether oxygens (including phenoxy) is 2. The van der Waals surface area contributed by atoms with Gasteiger partial charge in [-0.25, -0.2) is 0 Å². The fraction of sp³-hybridized carbons (Fsp3) is 0.750. The zero-order chi connectivity index (χ0) is 11.3. The maximum absolute atomic E-state index is 10.3. The highest BCUT2D eigenvalue weighted by Crippen LogP contribution is 2.36. The van der Waals surface area contributed by atoms with E-state index in [9.17, 15) is 4.79 Å². The van der Waals surface area contributed by atoms with Crippen LogP contribution >= 0.6 is 0 Å². The molecule has 0 spiro atoms. The van der Waals surface area contributed by atoms with E-state index in [-0.39, 0.29) is 5.41 Å². The second kappa shape index (κ2) is 5.42. The first-order valence-corrected chi connectivity index (χ1v) is 5.44. The van der Waals surface area contributed by atoms with Gasteiger partial charge in [-0.1, -0.05) is 13.5 Å². The summed E-state index contributed by atoms with van der Waals surface area (Å²) in [5, 5.41) is 0. The average molecular weight is 212 g/mol. The maximum atomic E-state index is 10.3. The Hall–Kier alpha value is -0.670. The highest BCUT2D eigenvalue weighted by Gasteiger charge is 2.37. The van der Waals surface area contributed by atoms with Crippen LogP contribution in [0.1, 0.15) is 26.7 Å². The zero-order valence-corrected chi connectivity index (χ0v) is 9.62. The lowest BCUT2D eigenvalue weighted by molar-refractivity contribution is -0.105. The molecule has 1 heterocycles. The lowest BCUT2D eigenvalue weighted by Crippen LogP contribution is -2.27. The third-order valence-corrected chi connectivity index (χ3v) is 3.01. The van der Waals surface area contributed by atoms with E-state index < -0.39 is 0 Å². The third kappa shape index (κ3) is 3.43. The molecule has 2 atom stereocenters. The molecule has 0 N–H and O–H groups in total. The van der Waals surface area contributed by atoms with Gasteiger partial charge >= 0.3 is 0 Å². The molecule has 86 valence electrons. The molecule has 0 aliphatic carbocycles. The summed E-state index contributed by atoms with van der Waals surface area (Å²) in [5.41, 5.74) is 0.635. The highest BCUT2D eigenvalue weighted by molar-refractivity contribution is 5.72. The fourth-order valence-corrected chi connectivity index (χ4v) is 1.93. The van der Waals surface area contributed by atoms with Gasteiger partial charge in [0.05, 0.1) is 25.9 Å². The van der Waals surface area contributed by atoms with Gasteiger partial charge in [-0.3, -0.25) is 4.79 Å².